The minimum absolute atomic E-state index is 0.318. The van der Waals surface area contributed by atoms with E-state index in [0.29, 0.717) is 44.1 Å². The van der Waals surface area contributed by atoms with E-state index >= 15 is 0 Å². The number of ether oxygens (including phenoxy) is 2. The van der Waals surface area contributed by atoms with Crippen LogP contribution in [0.2, 0.25) is 0 Å². The summed E-state index contributed by atoms with van der Waals surface area (Å²) in [5.74, 6) is 0.703. The number of pyridine rings is 1. The van der Waals surface area contributed by atoms with Gasteiger partial charge >= 0.3 is 6.09 Å². The maximum atomic E-state index is 13.1. The number of carbonyl (C=O) groups is 2. The Hall–Kier alpha value is -2.93. The highest BCUT2D eigenvalue weighted by Gasteiger charge is 2.36. The summed E-state index contributed by atoms with van der Waals surface area (Å²) >= 11 is 0. The van der Waals surface area contributed by atoms with Crippen molar-refractivity contribution in [2.45, 2.75) is 51.2 Å². The van der Waals surface area contributed by atoms with Crippen molar-refractivity contribution in [2.24, 2.45) is 0 Å². The fourth-order valence-corrected chi connectivity index (χ4v) is 3.92. The number of benzene rings is 1. The molecule has 0 radical (unpaired) electrons. The average molecular weight is 409 g/mol. The van der Waals surface area contributed by atoms with Crippen LogP contribution < -0.4 is 10.2 Å². The summed E-state index contributed by atoms with van der Waals surface area (Å²) in [5.41, 5.74) is 1.95. The number of amides is 1. The molecule has 0 saturated carbocycles. The molecule has 1 fully saturated rings. The molecular formula is C23H27N3O4. The van der Waals surface area contributed by atoms with Gasteiger partial charge < -0.3 is 19.6 Å². The van der Waals surface area contributed by atoms with Gasteiger partial charge in [-0.2, -0.15) is 0 Å². The van der Waals surface area contributed by atoms with E-state index in [2.05, 4.69) is 10.3 Å². The second-order valence-corrected chi connectivity index (χ2v) is 8.82. The van der Waals surface area contributed by atoms with Crippen LogP contribution in [0, 0.1) is 0 Å². The summed E-state index contributed by atoms with van der Waals surface area (Å²) in [4.78, 5) is 31.3. The van der Waals surface area contributed by atoms with Crippen LogP contribution in [0.25, 0.3) is 0 Å². The fourth-order valence-electron chi connectivity index (χ4n) is 3.92. The van der Waals surface area contributed by atoms with E-state index in [0.717, 1.165) is 23.1 Å². The van der Waals surface area contributed by atoms with Crippen molar-refractivity contribution in [1.29, 1.82) is 0 Å². The summed E-state index contributed by atoms with van der Waals surface area (Å²) < 4.78 is 11.2. The zero-order valence-electron chi connectivity index (χ0n) is 17.6. The molecule has 30 heavy (non-hydrogen) atoms. The van der Waals surface area contributed by atoms with Gasteiger partial charge in [-0.15, -0.1) is 0 Å². The third-order valence-electron chi connectivity index (χ3n) is 5.56. The molecule has 0 unspecified atom stereocenters. The van der Waals surface area contributed by atoms with Crippen molar-refractivity contribution in [2.75, 3.05) is 23.4 Å². The van der Waals surface area contributed by atoms with E-state index < -0.39 is 17.1 Å². The van der Waals surface area contributed by atoms with Crippen LogP contribution in [-0.4, -0.2) is 36.2 Å². The monoisotopic (exact) mass is 409 g/mol. The number of aldehydes is 1. The molecule has 7 nitrogen and oxygen atoms in total. The van der Waals surface area contributed by atoms with E-state index in [-0.39, 0.29) is 0 Å². The highest BCUT2D eigenvalue weighted by atomic mass is 16.6. The van der Waals surface area contributed by atoms with Gasteiger partial charge in [0.15, 0.2) is 0 Å². The topological polar surface area (TPSA) is 80.8 Å². The van der Waals surface area contributed by atoms with Gasteiger partial charge in [0.1, 0.15) is 17.7 Å². The minimum Gasteiger partial charge on any atom is -0.443 e. The smallest absolute Gasteiger partial charge is 0.415 e. The zero-order chi connectivity index (χ0) is 21.4. The minimum atomic E-state index is -0.628. The Balaban J connectivity index is 1.81. The molecule has 3 heterocycles. The lowest BCUT2D eigenvalue weighted by Gasteiger charge is -2.34. The summed E-state index contributed by atoms with van der Waals surface area (Å²) in [6.45, 7) is 6.93. The standard InChI is InChI=1S/C23H27N3O4/c1-22(2,3)30-21(28)26-14-16-5-4-10-24-20(16)25-18-7-6-17(13-19(18)26)23(15-27)8-11-29-12-9-23/h4-7,10,13,15H,8-9,11-12,14H2,1-3H3,(H,24,25). The lowest BCUT2D eigenvalue weighted by molar-refractivity contribution is -0.115. The Morgan fingerprint density at radius 2 is 2.03 bits per heavy atom. The number of hydrogen-bond acceptors (Lipinski definition) is 6. The number of fused-ring (bicyclic) bond motifs is 2. The molecule has 0 spiro atoms. The second kappa shape index (κ2) is 7.72. The van der Waals surface area contributed by atoms with E-state index in [4.69, 9.17) is 9.47 Å². The largest absolute Gasteiger partial charge is 0.443 e. The third kappa shape index (κ3) is 3.89. The Labute approximate surface area is 176 Å². The molecule has 7 heteroatoms. The number of anilines is 3. The number of hydrogen-bond donors (Lipinski definition) is 1. The van der Waals surface area contributed by atoms with Crippen LogP contribution >= 0.6 is 0 Å². The molecule has 0 aliphatic carbocycles. The maximum absolute atomic E-state index is 13.1. The van der Waals surface area contributed by atoms with Gasteiger partial charge in [0, 0.05) is 25.0 Å². The van der Waals surface area contributed by atoms with Crippen LogP contribution in [0.4, 0.5) is 22.0 Å². The lowest BCUT2D eigenvalue weighted by Crippen LogP contribution is -2.37. The molecule has 1 amide bonds. The predicted octanol–water partition coefficient (Wildman–Crippen LogP) is 4.33. The SMILES string of the molecule is CC(C)(C)OC(=O)N1Cc2cccnc2Nc2ccc(C3(C=O)CCOCC3)cc21. The predicted molar refractivity (Wildman–Crippen MR) is 114 cm³/mol. The number of aromatic nitrogens is 1. The molecule has 0 atom stereocenters. The van der Waals surface area contributed by atoms with E-state index in [1.165, 1.54) is 0 Å². The van der Waals surface area contributed by atoms with Crippen molar-refractivity contribution in [3.05, 3.63) is 47.7 Å². The summed E-state index contributed by atoms with van der Waals surface area (Å²) in [6.07, 6.45) is 3.54. The zero-order valence-corrected chi connectivity index (χ0v) is 17.6. The van der Waals surface area contributed by atoms with Gasteiger partial charge in [-0.25, -0.2) is 9.78 Å². The van der Waals surface area contributed by atoms with Crippen LogP contribution in [-0.2, 0) is 26.2 Å². The summed E-state index contributed by atoms with van der Waals surface area (Å²) in [5, 5.41) is 3.34. The highest BCUT2D eigenvalue weighted by Crippen LogP contribution is 2.41. The van der Waals surface area contributed by atoms with Crippen molar-refractivity contribution in [3.8, 4) is 0 Å². The quantitative estimate of drug-likeness (QED) is 0.744. The van der Waals surface area contributed by atoms with Gasteiger partial charge in [0.25, 0.3) is 0 Å². The molecule has 4 rings (SSSR count). The third-order valence-corrected chi connectivity index (χ3v) is 5.56. The molecule has 2 aromatic rings. The van der Waals surface area contributed by atoms with Gasteiger partial charge in [-0.1, -0.05) is 12.1 Å². The van der Waals surface area contributed by atoms with Crippen LogP contribution in [0.15, 0.2) is 36.5 Å². The molecule has 2 aliphatic heterocycles. The Bertz CT molecular complexity index is 961. The van der Waals surface area contributed by atoms with E-state index in [9.17, 15) is 9.59 Å². The molecule has 2 aliphatic rings. The second-order valence-electron chi connectivity index (χ2n) is 8.82. The number of nitrogens with zero attached hydrogens (tertiary/aromatic N) is 2. The number of carbonyl (C=O) groups excluding carboxylic acids is 2. The van der Waals surface area contributed by atoms with Crippen molar-refractivity contribution in [3.63, 3.8) is 0 Å². The molecule has 0 bridgehead atoms. The number of nitrogens with one attached hydrogen (secondary N) is 1. The lowest BCUT2D eigenvalue weighted by atomic mass is 9.75. The molecule has 158 valence electrons. The van der Waals surface area contributed by atoms with E-state index in [1.54, 1.807) is 11.1 Å². The summed E-state index contributed by atoms with van der Waals surface area (Å²) in [6, 6.07) is 9.57. The fraction of sp³-hybridized carbons (Fsp3) is 0.435. The molecule has 1 N–H and O–H groups in total. The van der Waals surface area contributed by atoms with Crippen LogP contribution in [0.5, 0.6) is 0 Å². The van der Waals surface area contributed by atoms with Gasteiger partial charge in [0.2, 0.25) is 0 Å². The molecular weight excluding hydrogens is 382 g/mol. The van der Waals surface area contributed by atoms with Gasteiger partial charge in [-0.05, 0) is 57.4 Å². The Kier molecular flexibility index (Phi) is 5.24. The van der Waals surface area contributed by atoms with Crippen molar-refractivity contribution in [1.82, 2.24) is 4.98 Å². The Morgan fingerprint density at radius 3 is 2.73 bits per heavy atom. The first-order valence-electron chi connectivity index (χ1n) is 10.2. The molecule has 1 aromatic carbocycles. The number of rotatable bonds is 2. The van der Waals surface area contributed by atoms with Crippen LogP contribution in [0.3, 0.4) is 0 Å². The van der Waals surface area contributed by atoms with Crippen molar-refractivity contribution >= 4 is 29.6 Å². The maximum Gasteiger partial charge on any atom is 0.415 e. The van der Waals surface area contributed by atoms with E-state index in [1.807, 2.05) is 51.1 Å². The van der Waals surface area contributed by atoms with Gasteiger partial charge in [0.05, 0.1) is 23.3 Å². The molecule has 1 saturated heterocycles. The average Bonchev–Trinajstić information content (AvgIpc) is 2.89. The Morgan fingerprint density at radius 1 is 1.27 bits per heavy atom. The summed E-state index contributed by atoms with van der Waals surface area (Å²) in [7, 11) is 0. The first-order chi connectivity index (χ1) is 14.3. The first-order valence-corrected chi connectivity index (χ1v) is 10.2. The van der Waals surface area contributed by atoms with Gasteiger partial charge in [-0.3, -0.25) is 4.90 Å². The first kappa shape index (κ1) is 20.3. The highest BCUT2D eigenvalue weighted by molar-refractivity contribution is 5.95. The normalized spacial score (nSPS) is 17.8. The molecule has 1 aromatic heterocycles. The van der Waals surface area contributed by atoms with Crippen molar-refractivity contribution < 1.29 is 19.1 Å². The van der Waals surface area contributed by atoms with Crippen LogP contribution in [0.1, 0.15) is 44.7 Å².